The molecule has 2 heterocycles. The van der Waals surface area contributed by atoms with Crippen molar-refractivity contribution in [1.82, 2.24) is 4.98 Å². The summed E-state index contributed by atoms with van der Waals surface area (Å²) in [6, 6.07) is 36.9. The van der Waals surface area contributed by atoms with E-state index in [0.717, 1.165) is 55.6 Å². The fourth-order valence-electron chi connectivity index (χ4n) is 4.20. The first kappa shape index (κ1) is 18.9. The molecule has 0 radical (unpaired) electrons. The van der Waals surface area contributed by atoms with Crippen LogP contribution in [0.5, 0.6) is 0 Å². The van der Waals surface area contributed by atoms with Gasteiger partial charge in [0.2, 0.25) is 0 Å². The molecule has 0 spiro atoms. The highest BCUT2D eigenvalue weighted by molar-refractivity contribution is 6.31. The summed E-state index contributed by atoms with van der Waals surface area (Å²) in [7, 11) is 0. The minimum atomic E-state index is 0.696. The van der Waals surface area contributed by atoms with E-state index in [4.69, 9.17) is 21.0 Å². The van der Waals surface area contributed by atoms with Crippen molar-refractivity contribution >= 4 is 33.5 Å². The van der Waals surface area contributed by atoms with Gasteiger partial charge in [-0.3, -0.25) is 0 Å². The topological polar surface area (TPSA) is 26.0 Å². The number of furan rings is 1. The SMILES string of the molecule is Clc1ccc2oc3c(-c4cc(-c5ccccc5)cc(-c5ccccc5)n4)cccc3c2c1. The van der Waals surface area contributed by atoms with Gasteiger partial charge in [-0.1, -0.05) is 84.4 Å². The summed E-state index contributed by atoms with van der Waals surface area (Å²) in [5, 5.41) is 2.74. The van der Waals surface area contributed by atoms with Crippen molar-refractivity contribution in [2.24, 2.45) is 0 Å². The normalized spacial score (nSPS) is 11.3. The van der Waals surface area contributed by atoms with Crippen molar-refractivity contribution in [3.63, 3.8) is 0 Å². The Morgan fingerprint density at radius 3 is 2.06 bits per heavy atom. The zero-order valence-electron chi connectivity index (χ0n) is 17.1. The first-order chi connectivity index (χ1) is 15.8. The van der Waals surface area contributed by atoms with Gasteiger partial charge in [-0.2, -0.15) is 0 Å². The third-order valence-electron chi connectivity index (χ3n) is 5.74. The molecule has 4 aromatic carbocycles. The van der Waals surface area contributed by atoms with Crippen molar-refractivity contribution in [1.29, 1.82) is 0 Å². The highest BCUT2D eigenvalue weighted by atomic mass is 35.5. The van der Waals surface area contributed by atoms with Gasteiger partial charge in [0.1, 0.15) is 11.2 Å². The van der Waals surface area contributed by atoms with Crippen LogP contribution in [-0.4, -0.2) is 4.98 Å². The predicted octanol–water partition coefficient (Wildman–Crippen LogP) is 8.64. The zero-order valence-corrected chi connectivity index (χ0v) is 17.9. The number of aromatic nitrogens is 1. The number of hydrogen-bond acceptors (Lipinski definition) is 2. The molecular weight excluding hydrogens is 414 g/mol. The Balaban J connectivity index is 1.63. The number of pyridine rings is 1. The van der Waals surface area contributed by atoms with Gasteiger partial charge in [-0.25, -0.2) is 4.98 Å². The lowest BCUT2D eigenvalue weighted by molar-refractivity contribution is 0.670. The minimum absolute atomic E-state index is 0.696. The van der Waals surface area contributed by atoms with E-state index in [2.05, 4.69) is 60.7 Å². The van der Waals surface area contributed by atoms with E-state index in [1.54, 1.807) is 0 Å². The van der Waals surface area contributed by atoms with E-state index < -0.39 is 0 Å². The fraction of sp³-hybridized carbons (Fsp3) is 0. The van der Waals surface area contributed by atoms with Gasteiger partial charge < -0.3 is 4.42 Å². The second kappa shape index (κ2) is 7.67. The summed E-state index contributed by atoms with van der Waals surface area (Å²) < 4.78 is 6.29. The summed E-state index contributed by atoms with van der Waals surface area (Å²) >= 11 is 6.26. The van der Waals surface area contributed by atoms with Crippen LogP contribution < -0.4 is 0 Å². The summed E-state index contributed by atoms with van der Waals surface area (Å²) in [5.41, 5.74) is 7.75. The van der Waals surface area contributed by atoms with Crippen molar-refractivity contribution in [2.75, 3.05) is 0 Å². The Morgan fingerprint density at radius 2 is 1.28 bits per heavy atom. The Bertz CT molecular complexity index is 1510. The maximum Gasteiger partial charge on any atom is 0.144 e. The molecular formula is C29H18ClNO. The number of rotatable bonds is 3. The second-order valence-electron chi connectivity index (χ2n) is 7.78. The number of nitrogens with zero attached hydrogens (tertiary/aromatic N) is 1. The Hall–Kier alpha value is -3.88. The Kier molecular flexibility index (Phi) is 4.52. The lowest BCUT2D eigenvalue weighted by Crippen LogP contribution is -1.91. The van der Waals surface area contributed by atoms with Gasteiger partial charge in [-0.05, 0) is 47.5 Å². The molecule has 152 valence electrons. The van der Waals surface area contributed by atoms with Gasteiger partial charge in [0.05, 0.1) is 11.4 Å². The monoisotopic (exact) mass is 431 g/mol. The van der Waals surface area contributed by atoms with Crippen molar-refractivity contribution in [3.05, 3.63) is 114 Å². The number of para-hydroxylation sites is 1. The molecule has 0 fully saturated rings. The molecule has 0 atom stereocenters. The third-order valence-corrected chi connectivity index (χ3v) is 5.97. The van der Waals surface area contributed by atoms with Gasteiger partial charge >= 0.3 is 0 Å². The van der Waals surface area contributed by atoms with Gasteiger partial charge in [0.25, 0.3) is 0 Å². The fourth-order valence-corrected chi connectivity index (χ4v) is 4.37. The summed E-state index contributed by atoms with van der Waals surface area (Å²) in [5.74, 6) is 0. The Labute approximate surface area is 190 Å². The molecule has 6 aromatic rings. The molecule has 6 rings (SSSR count). The van der Waals surface area contributed by atoms with Crippen LogP contribution in [0.1, 0.15) is 0 Å². The molecule has 3 heteroatoms. The molecule has 0 aliphatic carbocycles. The van der Waals surface area contributed by atoms with Crippen LogP contribution in [0.25, 0.3) is 55.6 Å². The molecule has 0 saturated heterocycles. The summed E-state index contributed by atoms with van der Waals surface area (Å²) in [4.78, 5) is 5.05. The highest BCUT2D eigenvalue weighted by Crippen LogP contribution is 2.38. The van der Waals surface area contributed by atoms with Crippen LogP contribution >= 0.6 is 11.6 Å². The lowest BCUT2D eigenvalue weighted by atomic mass is 9.99. The van der Waals surface area contributed by atoms with Gasteiger partial charge in [-0.15, -0.1) is 0 Å². The van der Waals surface area contributed by atoms with Gasteiger partial charge in [0, 0.05) is 26.9 Å². The average Bonchev–Trinajstić information content (AvgIpc) is 3.23. The quantitative estimate of drug-likeness (QED) is 0.280. The van der Waals surface area contributed by atoms with Crippen LogP contribution in [0.3, 0.4) is 0 Å². The van der Waals surface area contributed by atoms with E-state index >= 15 is 0 Å². The molecule has 0 N–H and O–H groups in total. The maximum atomic E-state index is 6.29. The summed E-state index contributed by atoms with van der Waals surface area (Å²) in [6.07, 6.45) is 0. The van der Waals surface area contributed by atoms with Gasteiger partial charge in [0.15, 0.2) is 0 Å². The smallest absolute Gasteiger partial charge is 0.144 e. The number of hydrogen-bond donors (Lipinski definition) is 0. The first-order valence-corrected chi connectivity index (χ1v) is 10.9. The standard InChI is InChI=1S/C29H18ClNO/c30-22-14-15-28-25(18-22)23-12-7-13-24(29(23)32-28)27-17-21(19-8-3-1-4-9-19)16-26(31-27)20-10-5-2-6-11-20/h1-18H. The largest absolute Gasteiger partial charge is 0.455 e. The molecule has 0 aliphatic heterocycles. The molecule has 0 unspecified atom stereocenters. The predicted molar refractivity (Wildman–Crippen MR) is 133 cm³/mol. The van der Waals surface area contributed by atoms with Crippen LogP contribution in [-0.2, 0) is 0 Å². The molecule has 0 bridgehead atoms. The highest BCUT2D eigenvalue weighted by Gasteiger charge is 2.15. The minimum Gasteiger partial charge on any atom is -0.455 e. The Morgan fingerprint density at radius 1 is 0.562 bits per heavy atom. The maximum absolute atomic E-state index is 6.29. The second-order valence-corrected chi connectivity index (χ2v) is 8.22. The first-order valence-electron chi connectivity index (χ1n) is 10.5. The van der Waals surface area contributed by atoms with E-state index in [1.807, 2.05) is 48.5 Å². The van der Waals surface area contributed by atoms with Crippen LogP contribution in [0.4, 0.5) is 0 Å². The molecule has 2 aromatic heterocycles. The molecule has 2 nitrogen and oxygen atoms in total. The van der Waals surface area contributed by atoms with Crippen molar-refractivity contribution < 1.29 is 4.42 Å². The molecule has 0 saturated carbocycles. The van der Waals surface area contributed by atoms with Crippen LogP contribution in [0, 0.1) is 0 Å². The molecule has 0 aliphatic rings. The summed E-state index contributed by atoms with van der Waals surface area (Å²) in [6.45, 7) is 0. The van der Waals surface area contributed by atoms with E-state index in [9.17, 15) is 0 Å². The number of benzene rings is 4. The molecule has 32 heavy (non-hydrogen) atoms. The van der Waals surface area contributed by atoms with E-state index in [1.165, 1.54) is 0 Å². The van der Waals surface area contributed by atoms with Crippen LogP contribution in [0.15, 0.2) is 114 Å². The van der Waals surface area contributed by atoms with Crippen molar-refractivity contribution in [3.8, 4) is 33.6 Å². The molecule has 0 amide bonds. The van der Waals surface area contributed by atoms with Crippen LogP contribution in [0.2, 0.25) is 5.02 Å². The zero-order chi connectivity index (χ0) is 21.5. The third kappa shape index (κ3) is 3.26. The van der Waals surface area contributed by atoms with E-state index in [-0.39, 0.29) is 0 Å². The lowest BCUT2D eigenvalue weighted by Gasteiger charge is -2.10. The number of halogens is 1. The number of fused-ring (bicyclic) bond motifs is 3. The van der Waals surface area contributed by atoms with E-state index in [0.29, 0.717) is 5.02 Å². The average molecular weight is 432 g/mol. The van der Waals surface area contributed by atoms with Crippen molar-refractivity contribution in [2.45, 2.75) is 0 Å².